The molecule has 3 nitrogen and oxygen atoms in total. The zero-order chi connectivity index (χ0) is 13.7. The van der Waals surface area contributed by atoms with Gasteiger partial charge in [-0.25, -0.2) is 0 Å². The Kier molecular flexibility index (Phi) is 5.43. The molecule has 0 radical (unpaired) electrons. The fourth-order valence-corrected chi connectivity index (χ4v) is 3.43. The third-order valence-corrected chi connectivity index (χ3v) is 4.57. The lowest BCUT2D eigenvalue weighted by Crippen LogP contribution is -2.39. The predicted molar refractivity (Wildman–Crippen MR) is 79.4 cm³/mol. The minimum absolute atomic E-state index is 0.0148. The van der Waals surface area contributed by atoms with Crippen LogP contribution in [-0.4, -0.2) is 35.1 Å². The molecule has 0 aromatic carbocycles. The second-order valence-electron chi connectivity index (χ2n) is 4.67. The molecule has 1 fully saturated rings. The second kappa shape index (κ2) is 7.08. The van der Waals surface area contributed by atoms with E-state index >= 15 is 0 Å². The van der Waals surface area contributed by atoms with E-state index in [2.05, 4.69) is 0 Å². The number of rotatable bonds is 5. The van der Waals surface area contributed by atoms with Gasteiger partial charge in [-0.05, 0) is 31.1 Å². The van der Waals surface area contributed by atoms with Gasteiger partial charge in [0.15, 0.2) is 0 Å². The summed E-state index contributed by atoms with van der Waals surface area (Å²) in [6.07, 6.45) is 7.80. The molecule has 104 valence electrons. The maximum atomic E-state index is 12.2. The van der Waals surface area contributed by atoms with Crippen LogP contribution >= 0.6 is 22.9 Å². The van der Waals surface area contributed by atoms with E-state index in [-0.39, 0.29) is 18.6 Å². The summed E-state index contributed by atoms with van der Waals surface area (Å²) >= 11 is 7.29. The van der Waals surface area contributed by atoms with Gasteiger partial charge in [-0.15, -0.1) is 11.3 Å². The van der Waals surface area contributed by atoms with Crippen LogP contribution in [0.5, 0.6) is 0 Å². The Balaban J connectivity index is 2.00. The lowest BCUT2D eigenvalue weighted by atomic mass is 10.2. The molecular formula is C14H18ClNO2S. The van der Waals surface area contributed by atoms with E-state index in [1.165, 1.54) is 24.2 Å². The van der Waals surface area contributed by atoms with Crippen molar-refractivity contribution in [2.24, 2.45) is 0 Å². The maximum Gasteiger partial charge on any atom is 0.246 e. The van der Waals surface area contributed by atoms with E-state index in [9.17, 15) is 4.79 Å². The van der Waals surface area contributed by atoms with Crippen LogP contribution in [0.25, 0.3) is 6.08 Å². The normalized spacial score (nSPS) is 16.3. The van der Waals surface area contributed by atoms with Gasteiger partial charge in [0, 0.05) is 23.5 Å². The van der Waals surface area contributed by atoms with Crippen molar-refractivity contribution >= 4 is 34.9 Å². The molecule has 1 N–H and O–H groups in total. The molecule has 1 aromatic heterocycles. The van der Waals surface area contributed by atoms with Crippen molar-refractivity contribution < 1.29 is 9.90 Å². The Morgan fingerprint density at radius 2 is 2.21 bits per heavy atom. The average molecular weight is 300 g/mol. The fraction of sp³-hybridized carbons (Fsp3) is 0.500. The van der Waals surface area contributed by atoms with Gasteiger partial charge in [0.2, 0.25) is 5.91 Å². The molecule has 1 aromatic rings. The molecule has 1 aliphatic carbocycles. The van der Waals surface area contributed by atoms with E-state index in [4.69, 9.17) is 16.7 Å². The summed E-state index contributed by atoms with van der Waals surface area (Å²) < 4.78 is 0.718. The van der Waals surface area contributed by atoms with Gasteiger partial charge in [0.05, 0.1) is 10.9 Å². The van der Waals surface area contributed by atoms with Crippen LogP contribution in [0.4, 0.5) is 0 Å². The summed E-state index contributed by atoms with van der Waals surface area (Å²) in [4.78, 5) is 15.0. The molecule has 2 rings (SSSR count). The van der Waals surface area contributed by atoms with Crippen LogP contribution in [0.15, 0.2) is 18.2 Å². The number of aliphatic hydroxyl groups excluding tert-OH is 1. The summed E-state index contributed by atoms with van der Waals surface area (Å²) in [6.45, 7) is 0.431. The highest BCUT2D eigenvalue weighted by Gasteiger charge is 2.24. The van der Waals surface area contributed by atoms with Crippen LogP contribution in [0.2, 0.25) is 4.34 Å². The Morgan fingerprint density at radius 1 is 1.47 bits per heavy atom. The SMILES string of the molecule is O=C(/C=C/c1ccc(Cl)s1)N(CCO)C1CCCC1. The van der Waals surface area contributed by atoms with Gasteiger partial charge >= 0.3 is 0 Å². The van der Waals surface area contributed by atoms with E-state index < -0.39 is 0 Å². The number of hydrogen-bond donors (Lipinski definition) is 1. The molecule has 1 heterocycles. The van der Waals surface area contributed by atoms with Crippen molar-refractivity contribution in [3.05, 3.63) is 27.4 Å². The van der Waals surface area contributed by atoms with Gasteiger partial charge < -0.3 is 10.0 Å². The van der Waals surface area contributed by atoms with Crippen LogP contribution < -0.4 is 0 Å². The number of thiophene rings is 1. The van der Waals surface area contributed by atoms with Gasteiger partial charge in [-0.2, -0.15) is 0 Å². The quantitative estimate of drug-likeness (QED) is 0.848. The summed E-state index contributed by atoms with van der Waals surface area (Å²) in [5, 5.41) is 9.10. The lowest BCUT2D eigenvalue weighted by molar-refractivity contribution is -0.128. The highest BCUT2D eigenvalue weighted by atomic mass is 35.5. The number of carbonyl (C=O) groups excluding carboxylic acids is 1. The van der Waals surface area contributed by atoms with E-state index in [1.54, 1.807) is 17.1 Å². The summed E-state index contributed by atoms with van der Waals surface area (Å²) in [6, 6.07) is 4.00. The molecule has 0 aliphatic heterocycles. The molecule has 0 spiro atoms. The third kappa shape index (κ3) is 4.06. The number of amides is 1. The van der Waals surface area contributed by atoms with Crippen molar-refractivity contribution in [1.82, 2.24) is 4.90 Å². The van der Waals surface area contributed by atoms with Crippen molar-refractivity contribution in [2.45, 2.75) is 31.7 Å². The third-order valence-electron chi connectivity index (χ3n) is 3.37. The Morgan fingerprint density at radius 3 is 2.79 bits per heavy atom. The summed E-state index contributed by atoms with van der Waals surface area (Å²) in [5.74, 6) is -0.0227. The van der Waals surface area contributed by atoms with Crippen molar-refractivity contribution in [1.29, 1.82) is 0 Å². The van der Waals surface area contributed by atoms with Gasteiger partial charge in [-0.1, -0.05) is 24.4 Å². The van der Waals surface area contributed by atoms with Gasteiger partial charge in [0.25, 0.3) is 0 Å². The van der Waals surface area contributed by atoms with Crippen molar-refractivity contribution in [3.63, 3.8) is 0 Å². The molecule has 0 saturated heterocycles. The number of hydrogen-bond acceptors (Lipinski definition) is 3. The second-order valence-corrected chi connectivity index (χ2v) is 6.42. The first-order chi connectivity index (χ1) is 9.20. The Hall–Kier alpha value is -0.840. The molecule has 0 bridgehead atoms. The number of nitrogens with zero attached hydrogens (tertiary/aromatic N) is 1. The highest BCUT2D eigenvalue weighted by Crippen LogP contribution is 2.25. The number of aliphatic hydroxyl groups is 1. The fourth-order valence-electron chi connectivity index (χ4n) is 2.46. The van der Waals surface area contributed by atoms with Gasteiger partial charge in [0.1, 0.15) is 0 Å². The first-order valence-electron chi connectivity index (χ1n) is 6.55. The minimum atomic E-state index is -0.0227. The van der Waals surface area contributed by atoms with Crippen LogP contribution in [0, 0.1) is 0 Å². The van der Waals surface area contributed by atoms with Crippen LogP contribution in [0.3, 0.4) is 0 Å². The molecule has 19 heavy (non-hydrogen) atoms. The number of halogens is 1. The van der Waals surface area contributed by atoms with Crippen LogP contribution in [0.1, 0.15) is 30.6 Å². The number of carbonyl (C=O) groups is 1. The van der Waals surface area contributed by atoms with Crippen molar-refractivity contribution in [3.8, 4) is 0 Å². The monoisotopic (exact) mass is 299 g/mol. The predicted octanol–water partition coefficient (Wildman–Crippen LogP) is 3.18. The summed E-state index contributed by atoms with van der Waals surface area (Å²) in [5.41, 5.74) is 0. The van der Waals surface area contributed by atoms with Crippen molar-refractivity contribution in [2.75, 3.05) is 13.2 Å². The van der Waals surface area contributed by atoms with E-state index in [0.29, 0.717) is 6.54 Å². The van der Waals surface area contributed by atoms with Gasteiger partial charge in [-0.3, -0.25) is 4.79 Å². The zero-order valence-electron chi connectivity index (χ0n) is 10.7. The zero-order valence-corrected chi connectivity index (χ0v) is 12.3. The molecular weight excluding hydrogens is 282 g/mol. The largest absolute Gasteiger partial charge is 0.395 e. The molecule has 1 saturated carbocycles. The topological polar surface area (TPSA) is 40.5 Å². The Bertz CT molecular complexity index is 452. The first-order valence-corrected chi connectivity index (χ1v) is 7.75. The molecule has 1 aliphatic rings. The lowest BCUT2D eigenvalue weighted by Gasteiger charge is -2.27. The maximum absolute atomic E-state index is 12.2. The highest BCUT2D eigenvalue weighted by molar-refractivity contribution is 7.17. The van der Waals surface area contributed by atoms with E-state index in [1.807, 2.05) is 12.1 Å². The molecule has 0 unspecified atom stereocenters. The Labute approximate surface area is 122 Å². The molecule has 1 amide bonds. The standard InChI is InChI=1S/C14H18ClNO2S/c15-13-7-5-12(19-13)6-8-14(18)16(9-10-17)11-3-1-2-4-11/h5-8,11,17H,1-4,9-10H2/b8-6+. The smallest absolute Gasteiger partial charge is 0.246 e. The minimum Gasteiger partial charge on any atom is -0.395 e. The van der Waals surface area contributed by atoms with E-state index in [0.717, 1.165) is 22.1 Å². The molecule has 5 heteroatoms. The summed E-state index contributed by atoms with van der Waals surface area (Å²) in [7, 11) is 0. The first kappa shape index (κ1) is 14.6. The molecule has 0 atom stereocenters. The average Bonchev–Trinajstić information content (AvgIpc) is 3.04. The van der Waals surface area contributed by atoms with Crippen LogP contribution in [-0.2, 0) is 4.79 Å².